The molecule has 1 heterocycles. The topological polar surface area (TPSA) is 94.4 Å². The SMILES string of the molecule is Cc1nc(Cl)c(C=CCCNC(=O)OC(C)(C)C)cc1[N+](=O)[O-]. The number of hydrogen-bond acceptors (Lipinski definition) is 5. The summed E-state index contributed by atoms with van der Waals surface area (Å²) < 4.78 is 5.10. The fourth-order valence-corrected chi connectivity index (χ4v) is 1.91. The molecule has 1 amide bonds. The molecule has 0 aromatic carbocycles. The Kier molecular flexibility index (Phi) is 6.50. The van der Waals surface area contributed by atoms with E-state index in [9.17, 15) is 14.9 Å². The van der Waals surface area contributed by atoms with Crippen LogP contribution in [0.15, 0.2) is 12.1 Å². The molecular formula is C15H20ClN3O4. The molecule has 1 N–H and O–H groups in total. The third kappa shape index (κ3) is 6.65. The van der Waals surface area contributed by atoms with Crippen molar-refractivity contribution in [2.75, 3.05) is 6.54 Å². The molecule has 0 bridgehead atoms. The molecule has 8 heteroatoms. The number of ether oxygens (including phenoxy) is 1. The van der Waals surface area contributed by atoms with Gasteiger partial charge in [-0.2, -0.15) is 0 Å². The second-order valence-corrected chi connectivity index (χ2v) is 6.21. The van der Waals surface area contributed by atoms with E-state index in [1.54, 1.807) is 32.9 Å². The van der Waals surface area contributed by atoms with Gasteiger partial charge in [0.2, 0.25) is 0 Å². The van der Waals surface area contributed by atoms with Crippen LogP contribution in [-0.2, 0) is 4.74 Å². The molecule has 7 nitrogen and oxygen atoms in total. The lowest BCUT2D eigenvalue weighted by Gasteiger charge is -2.19. The van der Waals surface area contributed by atoms with Crippen LogP contribution in [0.5, 0.6) is 0 Å². The number of hydrogen-bond donors (Lipinski definition) is 1. The van der Waals surface area contributed by atoms with Gasteiger partial charge in [-0.1, -0.05) is 23.8 Å². The van der Waals surface area contributed by atoms with Gasteiger partial charge >= 0.3 is 6.09 Å². The molecule has 126 valence electrons. The molecule has 0 atom stereocenters. The second kappa shape index (κ2) is 7.92. The molecule has 0 saturated heterocycles. The highest BCUT2D eigenvalue weighted by Gasteiger charge is 2.16. The third-order valence-electron chi connectivity index (χ3n) is 2.64. The third-order valence-corrected chi connectivity index (χ3v) is 2.94. The second-order valence-electron chi connectivity index (χ2n) is 5.85. The van der Waals surface area contributed by atoms with Crippen LogP contribution in [0.1, 0.15) is 38.4 Å². The summed E-state index contributed by atoms with van der Waals surface area (Å²) in [5.74, 6) is 0. The lowest BCUT2D eigenvalue weighted by Crippen LogP contribution is -2.32. The molecule has 0 saturated carbocycles. The van der Waals surface area contributed by atoms with Crippen LogP contribution in [-0.4, -0.2) is 28.1 Å². The van der Waals surface area contributed by atoms with Gasteiger partial charge in [-0.15, -0.1) is 0 Å². The minimum atomic E-state index is -0.542. The Balaban J connectivity index is 2.57. The number of halogens is 1. The number of nitrogens with one attached hydrogen (secondary N) is 1. The van der Waals surface area contributed by atoms with Crippen molar-refractivity contribution in [3.63, 3.8) is 0 Å². The highest BCUT2D eigenvalue weighted by Crippen LogP contribution is 2.24. The lowest BCUT2D eigenvalue weighted by molar-refractivity contribution is -0.385. The molecule has 0 unspecified atom stereocenters. The molecule has 23 heavy (non-hydrogen) atoms. The van der Waals surface area contributed by atoms with Gasteiger partial charge in [0.05, 0.1) is 4.92 Å². The quantitative estimate of drug-likeness (QED) is 0.379. The summed E-state index contributed by atoms with van der Waals surface area (Å²) in [5.41, 5.74) is 0.103. The summed E-state index contributed by atoms with van der Waals surface area (Å²) >= 11 is 5.97. The minimum Gasteiger partial charge on any atom is -0.444 e. The monoisotopic (exact) mass is 341 g/mol. The Bertz CT molecular complexity index is 624. The molecule has 1 aromatic heterocycles. The normalized spacial score (nSPS) is 11.5. The summed E-state index contributed by atoms with van der Waals surface area (Å²) in [7, 11) is 0. The van der Waals surface area contributed by atoms with Gasteiger partial charge in [0.15, 0.2) is 0 Å². The maximum absolute atomic E-state index is 11.4. The summed E-state index contributed by atoms with van der Waals surface area (Å²) in [5, 5.41) is 13.7. The number of pyridine rings is 1. The van der Waals surface area contributed by atoms with Crippen molar-refractivity contribution >= 4 is 29.5 Å². The summed E-state index contributed by atoms with van der Waals surface area (Å²) in [6.07, 6.45) is 3.42. The van der Waals surface area contributed by atoms with E-state index in [4.69, 9.17) is 16.3 Å². The number of alkyl carbamates (subject to hydrolysis) is 1. The van der Waals surface area contributed by atoms with Crippen LogP contribution < -0.4 is 5.32 Å². The van der Waals surface area contributed by atoms with Gasteiger partial charge < -0.3 is 10.1 Å². The highest BCUT2D eigenvalue weighted by atomic mass is 35.5. The van der Waals surface area contributed by atoms with Gasteiger partial charge in [-0.05, 0) is 34.1 Å². The van der Waals surface area contributed by atoms with E-state index in [1.165, 1.54) is 13.0 Å². The first-order chi connectivity index (χ1) is 10.6. The fourth-order valence-electron chi connectivity index (χ4n) is 1.66. The number of nitro groups is 1. The molecular weight excluding hydrogens is 322 g/mol. The number of nitrogens with zero attached hydrogens (tertiary/aromatic N) is 2. The molecule has 1 rings (SSSR count). The van der Waals surface area contributed by atoms with E-state index in [0.717, 1.165) is 0 Å². The Morgan fingerprint density at radius 1 is 1.52 bits per heavy atom. The summed E-state index contributed by atoms with van der Waals surface area (Å²) in [6.45, 7) is 7.26. The molecule has 0 radical (unpaired) electrons. The van der Waals surface area contributed by atoms with Crippen molar-refractivity contribution in [2.24, 2.45) is 0 Å². The fraction of sp³-hybridized carbons (Fsp3) is 0.467. The van der Waals surface area contributed by atoms with Gasteiger partial charge in [0.1, 0.15) is 16.4 Å². The van der Waals surface area contributed by atoms with Crippen LogP contribution in [0.25, 0.3) is 6.08 Å². The number of amides is 1. The zero-order valence-electron chi connectivity index (χ0n) is 13.6. The predicted octanol–water partition coefficient (Wildman–Crippen LogP) is 3.88. The van der Waals surface area contributed by atoms with Crippen LogP contribution in [0.3, 0.4) is 0 Å². The average molecular weight is 342 g/mol. The summed E-state index contributed by atoms with van der Waals surface area (Å²) in [4.78, 5) is 25.8. The van der Waals surface area contributed by atoms with Crippen LogP contribution in [0.4, 0.5) is 10.5 Å². The summed E-state index contributed by atoms with van der Waals surface area (Å²) in [6, 6.07) is 1.38. The van der Waals surface area contributed by atoms with Gasteiger partial charge in [-0.3, -0.25) is 10.1 Å². The molecule has 0 spiro atoms. The standard InChI is InChI=1S/C15H20ClN3O4/c1-10-12(19(21)22)9-11(13(16)18-10)7-5-6-8-17-14(20)23-15(2,3)4/h5,7,9H,6,8H2,1-4H3,(H,17,20). The van der Waals surface area contributed by atoms with E-state index in [-0.39, 0.29) is 16.5 Å². The molecule has 0 aliphatic rings. The number of aromatic nitrogens is 1. The van der Waals surface area contributed by atoms with E-state index >= 15 is 0 Å². The molecule has 1 aromatic rings. The Hall–Kier alpha value is -2.15. The van der Waals surface area contributed by atoms with Gasteiger partial charge in [0.25, 0.3) is 5.69 Å². The number of carbonyl (C=O) groups is 1. The van der Waals surface area contributed by atoms with Crippen molar-refractivity contribution in [1.29, 1.82) is 0 Å². The van der Waals surface area contributed by atoms with Crippen molar-refractivity contribution in [3.8, 4) is 0 Å². The van der Waals surface area contributed by atoms with Crippen molar-refractivity contribution < 1.29 is 14.5 Å². The average Bonchev–Trinajstić information content (AvgIpc) is 2.38. The maximum atomic E-state index is 11.4. The number of carbonyl (C=O) groups excluding carboxylic acids is 1. The van der Waals surface area contributed by atoms with Crippen LogP contribution in [0.2, 0.25) is 5.15 Å². The van der Waals surface area contributed by atoms with E-state index in [0.29, 0.717) is 18.5 Å². The van der Waals surface area contributed by atoms with Crippen LogP contribution >= 0.6 is 11.6 Å². The lowest BCUT2D eigenvalue weighted by atomic mass is 10.2. The largest absolute Gasteiger partial charge is 0.444 e. The Labute approximate surface area is 139 Å². The first-order valence-corrected chi connectivity index (χ1v) is 7.43. The minimum absolute atomic E-state index is 0.0825. The first kappa shape index (κ1) is 18.9. The molecule has 0 aliphatic carbocycles. The van der Waals surface area contributed by atoms with E-state index < -0.39 is 16.6 Å². The number of rotatable bonds is 5. The van der Waals surface area contributed by atoms with Crippen molar-refractivity contribution in [1.82, 2.24) is 10.3 Å². The predicted molar refractivity (Wildman–Crippen MR) is 88.5 cm³/mol. The van der Waals surface area contributed by atoms with Gasteiger partial charge in [-0.25, -0.2) is 9.78 Å². The smallest absolute Gasteiger partial charge is 0.407 e. The first-order valence-electron chi connectivity index (χ1n) is 7.05. The maximum Gasteiger partial charge on any atom is 0.407 e. The Morgan fingerprint density at radius 2 is 2.17 bits per heavy atom. The Morgan fingerprint density at radius 3 is 2.74 bits per heavy atom. The van der Waals surface area contributed by atoms with Gasteiger partial charge in [0, 0.05) is 18.2 Å². The highest BCUT2D eigenvalue weighted by molar-refractivity contribution is 6.30. The van der Waals surface area contributed by atoms with Crippen molar-refractivity contribution in [3.05, 3.63) is 38.7 Å². The van der Waals surface area contributed by atoms with E-state index in [2.05, 4.69) is 10.3 Å². The molecule has 0 aliphatic heterocycles. The number of aryl methyl sites for hydroxylation is 1. The van der Waals surface area contributed by atoms with Crippen LogP contribution in [0, 0.1) is 17.0 Å². The zero-order chi connectivity index (χ0) is 17.6. The molecule has 0 fully saturated rings. The van der Waals surface area contributed by atoms with Crippen molar-refractivity contribution in [2.45, 2.75) is 39.7 Å². The zero-order valence-corrected chi connectivity index (χ0v) is 14.3. The van der Waals surface area contributed by atoms with E-state index in [1.807, 2.05) is 0 Å².